The number of rotatable bonds is 6. The Kier molecular flexibility index (Phi) is 5.47. The third-order valence-corrected chi connectivity index (χ3v) is 6.31. The first-order valence-corrected chi connectivity index (χ1v) is 11.5. The minimum atomic E-state index is -0.244. The molecule has 9 heteroatoms. The van der Waals surface area contributed by atoms with E-state index in [1.807, 2.05) is 39.0 Å². The molecular weight excluding hydrogens is 420 g/mol. The van der Waals surface area contributed by atoms with E-state index in [0.717, 1.165) is 42.1 Å². The molecule has 1 saturated carbocycles. The van der Waals surface area contributed by atoms with Crippen molar-refractivity contribution in [2.75, 3.05) is 0 Å². The van der Waals surface area contributed by atoms with E-state index >= 15 is 0 Å². The number of aromatic nitrogens is 5. The number of carbonyl (C=O) groups excluding carboxylic acids is 1. The van der Waals surface area contributed by atoms with Gasteiger partial charge in [0.2, 0.25) is 11.8 Å². The molecule has 0 spiro atoms. The van der Waals surface area contributed by atoms with Crippen molar-refractivity contribution < 1.29 is 9.32 Å². The van der Waals surface area contributed by atoms with Crippen molar-refractivity contribution in [2.45, 2.75) is 71.5 Å². The Labute approximate surface area is 190 Å². The van der Waals surface area contributed by atoms with E-state index in [9.17, 15) is 9.59 Å². The monoisotopic (exact) mass is 448 g/mol. The zero-order valence-electron chi connectivity index (χ0n) is 19.2. The topological polar surface area (TPSA) is 108 Å². The van der Waals surface area contributed by atoms with Crippen LogP contribution in [0.1, 0.15) is 62.7 Å². The lowest BCUT2D eigenvalue weighted by atomic mass is 10.1. The lowest BCUT2D eigenvalue weighted by Crippen LogP contribution is -2.35. The van der Waals surface area contributed by atoms with Crippen molar-refractivity contribution in [1.29, 1.82) is 0 Å². The number of hydrogen-bond donors (Lipinski definition) is 1. The summed E-state index contributed by atoms with van der Waals surface area (Å²) >= 11 is 0. The third kappa shape index (κ3) is 4.03. The molecule has 0 radical (unpaired) electrons. The number of nitrogens with zero attached hydrogens (tertiary/aromatic N) is 5. The van der Waals surface area contributed by atoms with Crippen LogP contribution in [-0.2, 0) is 17.9 Å². The zero-order valence-corrected chi connectivity index (χ0v) is 19.2. The number of amides is 1. The van der Waals surface area contributed by atoms with E-state index in [0.29, 0.717) is 22.7 Å². The molecule has 1 N–H and O–H groups in total. The van der Waals surface area contributed by atoms with Crippen molar-refractivity contribution in [2.24, 2.45) is 0 Å². The van der Waals surface area contributed by atoms with Gasteiger partial charge >= 0.3 is 0 Å². The Morgan fingerprint density at radius 2 is 2.06 bits per heavy atom. The summed E-state index contributed by atoms with van der Waals surface area (Å²) in [5, 5.41) is 7.96. The molecule has 1 aliphatic carbocycles. The second kappa shape index (κ2) is 8.46. The molecule has 172 valence electrons. The van der Waals surface area contributed by atoms with Crippen molar-refractivity contribution in [1.82, 2.24) is 29.6 Å². The standard InChI is InChI=1S/C24H28N6O3/c1-14(2)23-27-20(33-28-23)12-29-13-25-21-17-10-15(3)8-9-18(17)30(22(21)24(29)32)11-19(31)26-16-6-4-5-7-16/h8-10,13-14,16H,4-7,11-12H2,1-3H3,(H,26,31). The van der Waals surface area contributed by atoms with Gasteiger partial charge in [0.05, 0.1) is 11.8 Å². The van der Waals surface area contributed by atoms with Gasteiger partial charge in [-0.3, -0.25) is 14.2 Å². The van der Waals surface area contributed by atoms with E-state index in [1.165, 1.54) is 10.9 Å². The minimum Gasteiger partial charge on any atom is -0.352 e. The Hall–Kier alpha value is -3.49. The first-order chi connectivity index (χ1) is 15.9. The van der Waals surface area contributed by atoms with Crippen LogP contribution in [0.2, 0.25) is 0 Å². The fraction of sp³-hybridized carbons (Fsp3) is 0.458. The van der Waals surface area contributed by atoms with Crippen LogP contribution in [0.15, 0.2) is 33.8 Å². The molecular formula is C24H28N6O3. The quantitative estimate of drug-likeness (QED) is 0.485. The maximum atomic E-state index is 13.6. The summed E-state index contributed by atoms with van der Waals surface area (Å²) in [5.74, 6) is 0.984. The van der Waals surface area contributed by atoms with Crippen LogP contribution in [0.5, 0.6) is 0 Å². The number of carbonyl (C=O) groups is 1. The molecule has 0 saturated heterocycles. The molecule has 0 atom stereocenters. The number of nitrogens with one attached hydrogen (secondary N) is 1. The summed E-state index contributed by atoms with van der Waals surface area (Å²) in [7, 11) is 0. The Balaban J connectivity index is 1.57. The van der Waals surface area contributed by atoms with E-state index in [1.54, 1.807) is 4.57 Å². The number of hydrogen-bond acceptors (Lipinski definition) is 6. The molecule has 9 nitrogen and oxygen atoms in total. The lowest BCUT2D eigenvalue weighted by molar-refractivity contribution is -0.122. The average molecular weight is 449 g/mol. The highest BCUT2D eigenvalue weighted by Crippen LogP contribution is 2.27. The summed E-state index contributed by atoms with van der Waals surface area (Å²) in [6.07, 6.45) is 5.81. The molecule has 1 amide bonds. The highest BCUT2D eigenvalue weighted by atomic mass is 16.5. The fourth-order valence-corrected chi connectivity index (χ4v) is 4.59. The van der Waals surface area contributed by atoms with Crippen LogP contribution in [0.25, 0.3) is 21.9 Å². The molecule has 5 rings (SSSR count). The van der Waals surface area contributed by atoms with Gasteiger partial charge in [-0.1, -0.05) is 43.5 Å². The predicted octanol–water partition coefficient (Wildman–Crippen LogP) is 3.27. The highest BCUT2D eigenvalue weighted by Gasteiger charge is 2.22. The Morgan fingerprint density at radius 3 is 2.79 bits per heavy atom. The molecule has 1 aliphatic rings. The summed E-state index contributed by atoms with van der Waals surface area (Å²) in [5.41, 5.74) is 2.64. The molecule has 3 aromatic heterocycles. The molecule has 33 heavy (non-hydrogen) atoms. The molecule has 0 bridgehead atoms. The number of fused-ring (bicyclic) bond motifs is 3. The van der Waals surface area contributed by atoms with Crippen molar-refractivity contribution >= 4 is 27.8 Å². The van der Waals surface area contributed by atoms with Crippen LogP contribution < -0.4 is 10.9 Å². The summed E-state index contributed by atoms with van der Waals surface area (Å²) in [6, 6.07) is 6.16. The Bertz CT molecular complexity index is 1390. The third-order valence-electron chi connectivity index (χ3n) is 6.31. The van der Waals surface area contributed by atoms with E-state index < -0.39 is 0 Å². The summed E-state index contributed by atoms with van der Waals surface area (Å²) in [4.78, 5) is 35.4. The van der Waals surface area contributed by atoms with Crippen LogP contribution in [0.3, 0.4) is 0 Å². The molecule has 1 fully saturated rings. The van der Waals surface area contributed by atoms with Gasteiger partial charge in [-0.2, -0.15) is 4.98 Å². The summed E-state index contributed by atoms with van der Waals surface area (Å²) < 4.78 is 8.56. The second-order valence-corrected chi connectivity index (χ2v) is 9.23. The molecule has 1 aromatic carbocycles. The van der Waals surface area contributed by atoms with Gasteiger partial charge in [0.15, 0.2) is 5.82 Å². The molecule has 4 aromatic rings. The maximum absolute atomic E-state index is 13.6. The van der Waals surface area contributed by atoms with E-state index in [2.05, 4.69) is 20.4 Å². The zero-order chi connectivity index (χ0) is 23.1. The highest BCUT2D eigenvalue weighted by molar-refractivity contribution is 6.06. The van der Waals surface area contributed by atoms with Crippen molar-refractivity contribution in [3.05, 3.63) is 52.2 Å². The molecule has 3 heterocycles. The predicted molar refractivity (Wildman–Crippen MR) is 124 cm³/mol. The average Bonchev–Trinajstić information content (AvgIpc) is 3.51. The smallest absolute Gasteiger partial charge is 0.278 e. The first-order valence-electron chi connectivity index (χ1n) is 11.5. The fourth-order valence-electron chi connectivity index (χ4n) is 4.59. The Morgan fingerprint density at radius 1 is 1.27 bits per heavy atom. The van der Waals surface area contributed by atoms with E-state index in [-0.39, 0.29) is 36.5 Å². The molecule has 0 aliphatic heterocycles. The van der Waals surface area contributed by atoms with Crippen LogP contribution in [0, 0.1) is 6.92 Å². The first kappa shape index (κ1) is 21.4. The van der Waals surface area contributed by atoms with Gasteiger partial charge in [0, 0.05) is 17.3 Å². The second-order valence-electron chi connectivity index (χ2n) is 9.23. The summed E-state index contributed by atoms with van der Waals surface area (Å²) in [6.45, 7) is 6.14. The minimum absolute atomic E-state index is 0.0680. The van der Waals surface area contributed by atoms with Gasteiger partial charge in [-0.15, -0.1) is 0 Å². The largest absolute Gasteiger partial charge is 0.352 e. The maximum Gasteiger partial charge on any atom is 0.278 e. The SMILES string of the molecule is Cc1ccc2c(c1)c1ncn(Cc3nc(C(C)C)no3)c(=O)c1n2CC(=O)NC1CCCC1. The van der Waals surface area contributed by atoms with E-state index in [4.69, 9.17) is 4.52 Å². The normalized spacial score (nSPS) is 14.7. The van der Waals surface area contributed by atoms with Crippen LogP contribution >= 0.6 is 0 Å². The number of benzene rings is 1. The molecule has 0 unspecified atom stereocenters. The van der Waals surface area contributed by atoms with Gasteiger partial charge in [0.1, 0.15) is 24.1 Å². The van der Waals surface area contributed by atoms with Gasteiger partial charge in [-0.25, -0.2) is 4.98 Å². The van der Waals surface area contributed by atoms with Crippen molar-refractivity contribution in [3.8, 4) is 0 Å². The lowest BCUT2D eigenvalue weighted by Gasteiger charge is -2.13. The van der Waals surface area contributed by atoms with Crippen molar-refractivity contribution in [3.63, 3.8) is 0 Å². The van der Waals surface area contributed by atoms with Gasteiger partial charge in [0.25, 0.3) is 5.56 Å². The van der Waals surface area contributed by atoms with Crippen LogP contribution in [-0.4, -0.2) is 36.2 Å². The number of aryl methyl sites for hydroxylation is 1. The van der Waals surface area contributed by atoms with Gasteiger partial charge in [-0.05, 0) is 31.9 Å². The van der Waals surface area contributed by atoms with Crippen LogP contribution in [0.4, 0.5) is 0 Å². The van der Waals surface area contributed by atoms with Gasteiger partial charge < -0.3 is 14.4 Å².